The second kappa shape index (κ2) is 7.57. The fourth-order valence-electron chi connectivity index (χ4n) is 2.35. The molecule has 1 aromatic heterocycles. The van der Waals surface area contributed by atoms with E-state index in [0.717, 1.165) is 17.4 Å². The molecule has 0 aliphatic rings. The minimum absolute atomic E-state index is 0.159. The molecule has 3 heteroatoms. The molecule has 0 aliphatic carbocycles. The van der Waals surface area contributed by atoms with Crippen LogP contribution >= 0.6 is 27.3 Å². The van der Waals surface area contributed by atoms with Crippen LogP contribution in [0, 0.1) is 0 Å². The zero-order valence-corrected chi connectivity index (χ0v) is 15.4. The summed E-state index contributed by atoms with van der Waals surface area (Å²) in [6.07, 6.45) is 2.32. The minimum Gasteiger partial charge on any atom is -0.311 e. The predicted molar refractivity (Wildman–Crippen MR) is 97.3 cm³/mol. The lowest BCUT2D eigenvalue weighted by molar-refractivity contribution is 0.399. The quantitative estimate of drug-likeness (QED) is 0.700. The minimum atomic E-state index is 0.159. The highest BCUT2D eigenvalue weighted by Crippen LogP contribution is 2.25. The number of halogens is 1. The van der Waals surface area contributed by atoms with E-state index in [1.165, 1.54) is 17.5 Å². The molecule has 1 aromatic carbocycles. The standard InChI is InChI=1S/C18H24BrNS/c1-18(2,3)20-12-16(8-7-14-9-10-21-13-14)15-5-4-6-17(19)11-15/h4-6,9-11,13,16,20H,7-8,12H2,1-3H3. The molecule has 0 spiro atoms. The Morgan fingerprint density at radius 3 is 2.67 bits per heavy atom. The lowest BCUT2D eigenvalue weighted by atomic mass is 9.92. The number of hydrogen-bond donors (Lipinski definition) is 1. The molecule has 0 amide bonds. The Hall–Kier alpha value is -0.640. The van der Waals surface area contributed by atoms with Crippen molar-refractivity contribution in [2.45, 2.75) is 45.1 Å². The SMILES string of the molecule is CC(C)(C)NCC(CCc1ccsc1)c1cccc(Br)c1. The predicted octanol–water partition coefficient (Wildman–Crippen LogP) is 5.62. The van der Waals surface area contributed by atoms with Gasteiger partial charge in [0, 0.05) is 16.6 Å². The smallest absolute Gasteiger partial charge is 0.0178 e. The van der Waals surface area contributed by atoms with Gasteiger partial charge >= 0.3 is 0 Å². The molecule has 114 valence electrons. The van der Waals surface area contributed by atoms with Crippen LogP contribution in [0.5, 0.6) is 0 Å². The Morgan fingerprint density at radius 2 is 2.05 bits per heavy atom. The Morgan fingerprint density at radius 1 is 1.24 bits per heavy atom. The molecule has 0 bridgehead atoms. The van der Waals surface area contributed by atoms with Gasteiger partial charge in [0.2, 0.25) is 0 Å². The summed E-state index contributed by atoms with van der Waals surface area (Å²) in [6, 6.07) is 11.0. The molecule has 1 N–H and O–H groups in total. The Kier molecular flexibility index (Phi) is 6.03. The van der Waals surface area contributed by atoms with E-state index >= 15 is 0 Å². The van der Waals surface area contributed by atoms with Gasteiger partial charge in [0.1, 0.15) is 0 Å². The maximum atomic E-state index is 3.66. The molecule has 1 atom stereocenters. The molecule has 1 unspecified atom stereocenters. The van der Waals surface area contributed by atoms with E-state index < -0.39 is 0 Å². The molecule has 0 saturated heterocycles. The topological polar surface area (TPSA) is 12.0 Å². The summed E-state index contributed by atoms with van der Waals surface area (Å²) in [5.41, 5.74) is 3.03. The van der Waals surface area contributed by atoms with E-state index in [2.05, 4.69) is 83.1 Å². The summed E-state index contributed by atoms with van der Waals surface area (Å²) in [7, 11) is 0. The van der Waals surface area contributed by atoms with Crippen molar-refractivity contribution in [2.75, 3.05) is 6.54 Å². The molecule has 0 aliphatic heterocycles. The van der Waals surface area contributed by atoms with Crippen LogP contribution < -0.4 is 5.32 Å². The first-order valence-electron chi connectivity index (χ1n) is 7.45. The van der Waals surface area contributed by atoms with Crippen molar-refractivity contribution < 1.29 is 0 Å². The average molecular weight is 366 g/mol. The van der Waals surface area contributed by atoms with Crippen LogP contribution in [-0.4, -0.2) is 12.1 Å². The Balaban J connectivity index is 2.06. The highest BCUT2D eigenvalue weighted by atomic mass is 79.9. The van der Waals surface area contributed by atoms with Crippen LogP contribution in [0.1, 0.15) is 44.2 Å². The van der Waals surface area contributed by atoms with Gasteiger partial charge in [-0.25, -0.2) is 0 Å². The molecule has 2 aromatic rings. The first-order valence-corrected chi connectivity index (χ1v) is 9.19. The molecule has 21 heavy (non-hydrogen) atoms. The van der Waals surface area contributed by atoms with Crippen molar-refractivity contribution in [3.63, 3.8) is 0 Å². The van der Waals surface area contributed by atoms with Crippen molar-refractivity contribution in [1.82, 2.24) is 5.32 Å². The van der Waals surface area contributed by atoms with Crippen molar-refractivity contribution in [3.05, 3.63) is 56.7 Å². The van der Waals surface area contributed by atoms with Crippen LogP contribution in [0.3, 0.4) is 0 Å². The summed E-state index contributed by atoms with van der Waals surface area (Å²) >= 11 is 5.38. The van der Waals surface area contributed by atoms with Crippen molar-refractivity contribution in [3.8, 4) is 0 Å². The monoisotopic (exact) mass is 365 g/mol. The van der Waals surface area contributed by atoms with E-state index in [0.29, 0.717) is 5.92 Å². The molecule has 0 saturated carbocycles. The maximum absolute atomic E-state index is 3.66. The van der Waals surface area contributed by atoms with Crippen molar-refractivity contribution in [1.29, 1.82) is 0 Å². The number of benzene rings is 1. The third-order valence-electron chi connectivity index (χ3n) is 3.56. The lowest BCUT2D eigenvalue weighted by Gasteiger charge is -2.26. The van der Waals surface area contributed by atoms with Crippen molar-refractivity contribution in [2.24, 2.45) is 0 Å². The maximum Gasteiger partial charge on any atom is 0.0178 e. The fraction of sp³-hybridized carbons (Fsp3) is 0.444. The van der Waals surface area contributed by atoms with Gasteiger partial charge in [-0.1, -0.05) is 28.1 Å². The molecule has 0 fully saturated rings. The molecular weight excluding hydrogens is 342 g/mol. The summed E-state index contributed by atoms with van der Waals surface area (Å²) in [5.74, 6) is 0.543. The van der Waals surface area contributed by atoms with Gasteiger partial charge in [-0.05, 0) is 79.6 Å². The fourth-order valence-corrected chi connectivity index (χ4v) is 3.47. The van der Waals surface area contributed by atoms with Gasteiger partial charge < -0.3 is 5.32 Å². The largest absolute Gasteiger partial charge is 0.311 e. The van der Waals surface area contributed by atoms with Crippen LogP contribution in [0.2, 0.25) is 0 Å². The summed E-state index contributed by atoms with van der Waals surface area (Å²) in [5, 5.41) is 8.08. The number of thiophene rings is 1. The van der Waals surface area contributed by atoms with Gasteiger partial charge in [-0.15, -0.1) is 0 Å². The van der Waals surface area contributed by atoms with Crippen LogP contribution in [0.25, 0.3) is 0 Å². The van der Waals surface area contributed by atoms with E-state index in [1.54, 1.807) is 11.3 Å². The number of aryl methyl sites for hydroxylation is 1. The third kappa shape index (κ3) is 5.93. The zero-order valence-electron chi connectivity index (χ0n) is 13.0. The van der Waals surface area contributed by atoms with Crippen LogP contribution in [0.15, 0.2) is 45.6 Å². The summed E-state index contributed by atoms with van der Waals surface area (Å²) in [4.78, 5) is 0. The van der Waals surface area contributed by atoms with Crippen molar-refractivity contribution >= 4 is 27.3 Å². The molecule has 1 nitrogen and oxygen atoms in total. The molecule has 0 radical (unpaired) electrons. The summed E-state index contributed by atoms with van der Waals surface area (Å²) < 4.78 is 1.16. The lowest BCUT2D eigenvalue weighted by Crippen LogP contribution is -2.38. The highest BCUT2D eigenvalue weighted by molar-refractivity contribution is 9.10. The second-order valence-electron chi connectivity index (χ2n) is 6.55. The van der Waals surface area contributed by atoms with Gasteiger partial charge in [-0.3, -0.25) is 0 Å². The average Bonchev–Trinajstić information content (AvgIpc) is 2.90. The van der Waals surface area contributed by atoms with E-state index in [9.17, 15) is 0 Å². The number of rotatable bonds is 6. The van der Waals surface area contributed by atoms with E-state index in [1.807, 2.05) is 0 Å². The number of hydrogen-bond acceptors (Lipinski definition) is 2. The Labute approximate surface area is 140 Å². The number of nitrogens with one attached hydrogen (secondary N) is 1. The molecule has 1 heterocycles. The molecular formula is C18H24BrNS. The van der Waals surface area contributed by atoms with Crippen LogP contribution in [-0.2, 0) is 6.42 Å². The molecule has 2 rings (SSSR count). The van der Waals surface area contributed by atoms with E-state index in [-0.39, 0.29) is 5.54 Å². The first kappa shape index (κ1) is 16.7. The van der Waals surface area contributed by atoms with Crippen LogP contribution in [0.4, 0.5) is 0 Å². The van der Waals surface area contributed by atoms with E-state index in [4.69, 9.17) is 0 Å². The van der Waals surface area contributed by atoms with Gasteiger partial charge in [0.15, 0.2) is 0 Å². The summed E-state index contributed by atoms with van der Waals surface area (Å²) in [6.45, 7) is 7.70. The Bertz CT molecular complexity index is 543. The normalized spacial score (nSPS) is 13.3. The van der Waals surface area contributed by atoms with Gasteiger partial charge in [0.25, 0.3) is 0 Å². The van der Waals surface area contributed by atoms with Gasteiger partial charge in [0.05, 0.1) is 0 Å². The first-order chi connectivity index (χ1) is 9.94. The third-order valence-corrected chi connectivity index (χ3v) is 4.79. The highest BCUT2D eigenvalue weighted by Gasteiger charge is 2.16. The zero-order chi connectivity index (χ0) is 15.3. The van der Waals surface area contributed by atoms with Gasteiger partial charge in [-0.2, -0.15) is 11.3 Å². The second-order valence-corrected chi connectivity index (χ2v) is 8.25.